The van der Waals surface area contributed by atoms with Crippen LogP contribution in [0.15, 0.2) is 30.3 Å². The fourth-order valence-electron chi connectivity index (χ4n) is 3.59. The Kier molecular flexibility index (Phi) is 9.23. The number of rotatable bonds is 4. The van der Waals surface area contributed by atoms with Crippen molar-refractivity contribution in [2.24, 2.45) is 0 Å². The van der Waals surface area contributed by atoms with Crippen molar-refractivity contribution in [2.75, 3.05) is 19.7 Å². The number of amides is 1. The van der Waals surface area contributed by atoms with E-state index in [9.17, 15) is 18.4 Å². The smallest absolute Gasteiger partial charge is 0.410 e. The topological polar surface area (TPSA) is 74.3 Å². The van der Waals surface area contributed by atoms with Crippen LogP contribution >= 0.6 is 0 Å². The van der Waals surface area contributed by atoms with Crippen molar-refractivity contribution in [1.82, 2.24) is 4.90 Å². The van der Waals surface area contributed by atoms with Gasteiger partial charge in [0.2, 0.25) is 0 Å². The quantitative estimate of drug-likeness (QED) is 0.359. The number of benzene rings is 2. The number of morpholine rings is 1. The molecule has 1 amide bonds. The number of esters is 1. The van der Waals surface area contributed by atoms with Gasteiger partial charge in [0.25, 0.3) is 0 Å². The number of halogens is 2. The van der Waals surface area contributed by atoms with Gasteiger partial charge in [0, 0.05) is 6.54 Å². The molecule has 2 aromatic carbocycles. The molecule has 3 rings (SSSR count). The number of ether oxygens (including phenoxy) is 4. The van der Waals surface area contributed by atoms with Gasteiger partial charge in [-0.25, -0.2) is 18.4 Å². The predicted octanol–water partition coefficient (Wildman–Crippen LogP) is 5.79. The van der Waals surface area contributed by atoms with Crippen LogP contribution in [0.3, 0.4) is 0 Å². The van der Waals surface area contributed by atoms with Crippen LogP contribution in [0.5, 0.6) is 5.75 Å². The first-order valence-corrected chi connectivity index (χ1v) is 12.7. The average molecular weight is 544 g/mol. The third kappa shape index (κ3) is 8.96. The first-order valence-electron chi connectivity index (χ1n) is 12.7. The standard InChI is InChI=1S/C30H35F2NO6/c1-19-8-9-20(10-11-22-17-33(12-13-36-22)28(35)39-30(5,6)7)26(14-19)37-18-23-24(31)15-21(16-25(23)32)27(34)38-29(2,3)4/h8-9,14-16,22H,12-13,17-18H2,1-7H3/t22-/m0/s1. The van der Waals surface area contributed by atoms with E-state index in [0.717, 1.165) is 17.7 Å². The van der Waals surface area contributed by atoms with Gasteiger partial charge in [-0.15, -0.1) is 0 Å². The summed E-state index contributed by atoms with van der Waals surface area (Å²) < 4.78 is 51.6. The summed E-state index contributed by atoms with van der Waals surface area (Å²) in [5.41, 5.74) is -0.609. The van der Waals surface area contributed by atoms with E-state index < -0.39 is 47.6 Å². The molecule has 0 N–H and O–H groups in total. The largest absolute Gasteiger partial charge is 0.487 e. The third-order valence-corrected chi connectivity index (χ3v) is 5.37. The normalized spacial score (nSPS) is 15.7. The number of carbonyl (C=O) groups excluding carboxylic acids is 2. The van der Waals surface area contributed by atoms with Gasteiger partial charge in [0.05, 0.1) is 29.8 Å². The van der Waals surface area contributed by atoms with E-state index in [0.29, 0.717) is 24.5 Å². The lowest BCUT2D eigenvalue weighted by Gasteiger charge is -2.32. The van der Waals surface area contributed by atoms with Crippen LogP contribution in [0.25, 0.3) is 0 Å². The van der Waals surface area contributed by atoms with Gasteiger partial charge in [-0.1, -0.05) is 17.9 Å². The maximum absolute atomic E-state index is 14.8. The lowest BCUT2D eigenvalue weighted by molar-refractivity contribution is -0.0236. The molecule has 0 bridgehead atoms. The first kappa shape index (κ1) is 29.9. The van der Waals surface area contributed by atoms with Gasteiger partial charge in [0.1, 0.15) is 41.3 Å². The van der Waals surface area contributed by atoms with Crippen LogP contribution in [-0.4, -0.2) is 54.0 Å². The van der Waals surface area contributed by atoms with Gasteiger partial charge < -0.3 is 23.8 Å². The molecule has 1 fully saturated rings. The van der Waals surface area contributed by atoms with Crippen LogP contribution < -0.4 is 4.74 Å². The molecule has 9 heteroatoms. The molecule has 1 heterocycles. The molecule has 210 valence electrons. The van der Waals surface area contributed by atoms with Crippen LogP contribution in [0, 0.1) is 30.4 Å². The van der Waals surface area contributed by atoms with E-state index in [1.54, 1.807) is 58.6 Å². The Morgan fingerprint density at radius 3 is 2.28 bits per heavy atom. The Hall–Kier alpha value is -3.64. The third-order valence-electron chi connectivity index (χ3n) is 5.37. The molecule has 1 aliphatic heterocycles. The molecule has 0 radical (unpaired) electrons. The molecule has 0 saturated carbocycles. The minimum atomic E-state index is -0.922. The number of hydrogen-bond acceptors (Lipinski definition) is 6. The molecule has 1 atom stereocenters. The summed E-state index contributed by atoms with van der Waals surface area (Å²) in [6, 6.07) is 7.16. The van der Waals surface area contributed by atoms with Crippen LogP contribution in [0.2, 0.25) is 0 Å². The number of aryl methyl sites for hydroxylation is 1. The molecule has 0 unspecified atom stereocenters. The second kappa shape index (κ2) is 12.0. The van der Waals surface area contributed by atoms with E-state index in [-0.39, 0.29) is 17.7 Å². The second-order valence-corrected chi connectivity index (χ2v) is 11.3. The minimum Gasteiger partial charge on any atom is -0.487 e. The number of hydrogen-bond donors (Lipinski definition) is 0. The number of carbonyl (C=O) groups is 2. The lowest BCUT2D eigenvalue weighted by Crippen LogP contribution is -2.47. The predicted molar refractivity (Wildman–Crippen MR) is 141 cm³/mol. The maximum atomic E-state index is 14.8. The summed E-state index contributed by atoms with van der Waals surface area (Å²) in [7, 11) is 0. The monoisotopic (exact) mass is 543 g/mol. The summed E-state index contributed by atoms with van der Waals surface area (Å²) in [5, 5.41) is 0. The molecule has 0 spiro atoms. The maximum Gasteiger partial charge on any atom is 0.410 e. The zero-order valence-electron chi connectivity index (χ0n) is 23.4. The van der Waals surface area contributed by atoms with Crippen LogP contribution in [0.4, 0.5) is 13.6 Å². The summed E-state index contributed by atoms with van der Waals surface area (Å²) in [5.74, 6) is 3.67. The Morgan fingerprint density at radius 2 is 1.67 bits per heavy atom. The van der Waals surface area contributed by atoms with Gasteiger partial charge >= 0.3 is 12.1 Å². The van der Waals surface area contributed by atoms with Crippen molar-refractivity contribution < 1.29 is 37.3 Å². The van der Waals surface area contributed by atoms with Gasteiger partial charge in [-0.05, 0) is 78.3 Å². The average Bonchev–Trinajstić information content (AvgIpc) is 2.81. The Labute approximate surface area is 228 Å². The van der Waals surface area contributed by atoms with Crippen LogP contribution in [0.1, 0.15) is 68.6 Å². The highest BCUT2D eigenvalue weighted by Crippen LogP contribution is 2.24. The summed E-state index contributed by atoms with van der Waals surface area (Å²) in [6.07, 6.45) is -0.977. The Bertz CT molecular complexity index is 1260. The summed E-state index contributed by atoms with van der Waals surface area (Å²) >= 11 is 0. The molecule has 1 aliphatic rings. The van der Waals surface area contributed by atoms with Gasteiger partial charge in [0.15, 0.2) is 0 Å². The summed E-state index contributed by atoms with van der Waals surface area (Å²) in [4.78, 5) is 26.2. The molecule has 1 saturated heterocycles. The highest BCUT2D eigenvalue weighted by atomic mass is 19.1. The highest BCUT2D eigenvalue weighted by molar-refractivity contribution is 5.89. The van der Waals surface area contributed by atoms with E-state index in [1.807, 2.05) is 13.0 Å². The Morgan fingerprint density at radius 1 is 1.03 bits per heavy atom. The first-order chi connectivity index (χ1) is 18.1. The SMILES string of the molecule is Cc1ccc(C#C[C@H]2CN(C(=O)OC(C)(C)C)CCO2)c(OCc2c(F)cc(C(=O)OC(C)(C)C)cc2F)c1. The zero-order valence-corrected chi connectivity index (χ0v) is 23.4. The molecular formula is C30H35F2NO6. The van der Waals surface area contributed by atoms with Gasteiger partial charge in [-0.2, -0.15) is 0 Å². The van der Waals surface area contributed by atoms with Crippen molar-refractivity contribution in [3.63, 3.8) is 0 Å². The Balaban J connectivity index is 1.74. The molecule has 0 aliphatic carbocycles. The number of nitrogens with zero attached hydrogens (tertiary/aromatic N) is 1. The molecule has 0 aromatic heterocycles. The lowest BCUT2D eigenvalue weighted by atomic mass is 10.1. The van der Waals surface area contributed by atoms with Crippen molar-refractivity contribution in [3.05, 3.63) is 64.2 Å². The van der Waals surface area contributed by atoms with Crippen LogP contribution in [-0.2, 0) is 20.8 Å². The highest BCUT2D eigenvalue weighted by Gasteiger charge is 2.27. The van der Waals surface area contributed by atoms with E-state index >= 15 is 0 Å². The summed E-state index contributed by atoms with van der Waals surface area (Å²) in [6.45, 7) is 12.8. The van der Waals surface area contributed by atoms with E-state index in [1.165, 1.54) is 0 Å². The van der Waals surface area contributed by atoms with Crippen molar-refractivity contribution in [1.29, 1.82) is 0 Å². The van der Waals surface area contributed by atoms with Crippen molar-refractivity contribution in [2.45, 2.75) is 72.4 Å². The fourth-order valence-corrected chi connectivity index (χ4v) is 3.59. The fraction of sp³-hybridized carbons (Fsp3) is 0.467. The van der Waals surface area contributed by atoms with Gasteiger partial charge in [-0.3, -0.25) is 0 Å². The zero-order chi connectivity index (χ0) is 29.0. The molecule has 39 heavy (non-hydrogen) atoms. The van der Waals surface area contributed by atoms with Crippen molar-refractivity contribution in [3.8, 4) is 17.6 Å². The second-order valence-electron chi connectivity index (χ2n) is 11.3. The minimum absolute atomic E-state index is 0.223. The molecule has 2 aromatic rings. The van der Waals surface area contributed by atoms with E-state index in [4.69, 9.17) is 18.9 Å². The molecular weight excluding hydrogens is 508 g/mol. The van der Waals surface area contributed by atoms with Crippen molar-refractivity contribution >= 4 is 12.1 Å². The molecule has 7 nitrogen and oxygen atoms in total. The van der Waals surface area contributed by atoms with E-state index in [2.05, 4.69) is 11.8 Å².